The van der Waals surface area contributed by atoms with Crippen molar-refractivity contribution in [2.45, 2.75) is 31.2 Å². The van der Waals surface area contributed by atoms with Gasteiger partial charge >= 0.3 is 0 Å². The van der Waals surface area contributed by atoms with Crippen molar-refractivity contribution in [1.29, 1.82) is 0 Å². The van der Waals surface area contributed by atoms with Gasteiger partial charge in [0.25, 0.3) is 5.22 Å². The second-order valence-corrected chi connectivity index (χ2v) is 6.31. The van der Waals surface area contributed by atoms with Crippen LogP contribution in [0.15, 0.2) is 34.2 Å². The summed E-state index contributed by atoms with van der Waals surface area (Å²) in [5, 5.41) is 10.9. The molecule has 0 fully saturated rings. The Morgan fingerprint density at radius 3 is 2.86 bits per heavy atom. The van der Waals surface area contributed by atoms with Crippen LogP contribution in [0, 0.1) is 5.92 Å². The maximum atomic E-state index is 11.9. The lowest BCUT2D eigenvalue weighted by Crippen LogP contribution is -2.33. The van der Waals surface area contributed by atoms with Crippen LogP contribution in [0.5, 0.6) is 0 Å². The van der Waals surface area contributed by atoms with Crippen LogP contribution in [0.3, 0.4) is 0 Å². The van der Waals surface area contributed by atoms with Gasteiger partial charge < -0.3 is 9.73 Å². The molecule has 0 aliphatic rings. The van der Waals surface area contributed by atoms with Gasteiger partial charge in [-0.15, -0.1) is 10.2 Å². The van der Waals surface area contributed by atoms with E-state index in [9.17, 15) is 4.79 Å². The van der Waals surface area contributed by atoms with Gasteiger partial charge in [0, 0.05) is 18.9 Å². The van der Waals surface area contributed by atoms with Crippen molar-refractivity contribution in [3.05, 3.63) is 24.5 Å². The first-order valence-corrected chi connectivity index (χ1v) is 7.62. The number of nitrogens with one attached hydrogen (secondary N) is 1. The minimum absolute atomic E-state index is 0.0326. The highest BCUT2D eigenvalue weighted by Gasteiger charge is 2.18. The highest BCUT2D eigenvalue weighted by Crippen LogP contribution is 2.25. The summed E-state index contributed by atoms with van der Waals surface area (Å²) < 4.78 is 5.54. The molecule has 0 saturated carbocycles. The number of pyridine rings is 1. The molecule has 2 heterocycles. The van der Waals surface area contributed by atoms with E-state index in [0.717, 1.165) is 5.56 Å². The van der Waals surface area contributed by atoms with Crippen LogP contribution in [0.2, 0.25) is 0 Å². The van der Waals surface area contributed by atoms with Gasteiger partial charge in [-0.3, -0.25) is 9.78 Å². The zero-order valence-electron chi connectivity index (χ0n) is 12.2. The standard InChI is InChI=1S/C14H18N4O2S/c1-9(2)7-16-12(19)10(3)21-14-18-17-13(20-14)11-5-4-6-15-8-11/h4-6,8-10H,7H2,1-3H3,(H,16,19)/t10-/m0/s1. The molecule has 0 radical (unpaired) electrons. The van der Waals surface area contributed by atoms with Gasteiger partial charge in [0.15, 0.2) is 0 Å². The minimum Gasteiger partial charge on any atom is -0.411 e. The Morgan fingerprint density at radius 2 is 2.19 bits per heavy atom. The van der Waals surface area contributed by atoms with Crippen LogP contribution in [-0.4, -0.2) is 32.9 Å². The van der Waals surface area contributed by atoms with E-state index in [2.05, 4.69) is 34.3 Å². The molecule has 21 heavy (non-hydrogen) atoms. The fourth-order valence-corrected chi connectivity index (χ4v) is 2.22. The molecule has 2 aromatic heterocycles. The average Bonchev–Trinajstić information content (AvgIpc) is 2.94. The van der Waals surface area contributed by atoms with Crippen molar-refractivity contribution in [1.82, 2.24) is 20.5 Å². The SMILES string of the molecule is CC(C)CNC(=O)[C@H](C)Sc1nnc(-c2cccnc2)o1. The van der Waals surface area contributed by atoms with Crippen LogP contribution in [0.1, 0.15) is 20.8 Å². The number of amides is 1. The van der Waals surface area contributed by atoms with Crippen LogP contribution >= 0.6 is 11.8 Å². The Hall–Kier alpha value is -1.89. The van der Waals surface area contributed by atoms with Crippen LogP contribution in [0.4, 0.5) is 0 Å². The van der Waals surface area contributed by atoms with E-state index in [1.807, 2.05) is 13.0 Å². The topological polar surface area (TPSA) is 80.9 Å². The summed E-state index contributed by atoms with van der Waals surface area (Å²) in [6.45, 7) is 6.58. The summed E-state index contributed by atoms with van der Waals surface area (Å²) in [5.74, 6) is 0.793. The van der Waals surface area contributed by atoms with Gasteiger partial charge in [-0.05, 0) is 25.0 Å². The number of hydrogen-bond donors (Lipinski definition) is 1. The molecule has 2 aromatic rings. The maximum absolute atomic E-state index is 11.9. The predicted octanol–water partition coefficient (Wildman–Crippen LogP) is 2.38. The van der Waals surface area contributed by atoms with Gasteiger partial charge in [-0.25, -0.2) is 0 Å². The number of rotatable bonds is 6. The molecule has 1 amide bonds. The largest absolute Gasteiger partial charge is 0.411 e. The smallest absolute Gasteiger partial charge is 0.277 e. The van der Waals surface area contributed by atoms with Crippen molar-refractivity contribution < 1.29 is 9.21 Å². The monoisotopic (exact) mass is 306 g/mol. The first-order valence-electron chi connectivity index (χ1n) is 6.74. The zero-order chi connectivity index (χ0) is 15.2. The van der Waals surface area contributed by atoms with E-state index in [0.29, 0.717) is 23.6 Å². The molecule has 0 aliphatic heterocycles. The van der Waals surface area contributed by atoms with E-state index in [1.165, 1.54) is 11.8 Å². The summed E-state index contributed by atoms with van der Waals surface area (Å²) in [6, 6.07) is 3.64. The van der Waals surface area contributed by atoms with Gasteiger partial charge in [0.1, 0.15) is 0 Å². The van der Waals surface area contributed by atoms with Gasteiger partial charge in [0.05, 0.1) is 10.8 Å². The van der Waals surface area contributed by atoms with E-state index in [1.54, 1.807) is 18.5 Å². The summed E-state index contributed by atoms with van der Waals surface area (Å²) in [6.07, 6.45) is 3.33. The summed E-state index contributed by atoms with van der Waals surface area (Å²) in [5.41, 5.74) is 0.758. The number of carbonyl (C=O) groups is 1. The third-order valence-corrected chi connectivity index (χ3v) is 3.58. The van der Waals surface area contributed by atoms with E-state index < -0.39 is 0 Å². The fraction of sp³-hybridized carbons (Fsp3) is 0.429. The van der Waals surface area contributed by atoms with Crippen LogP contribution < -0.4 is 5.32 Å². The number of carbonyl (C=O) groups excluding carboxylic acids is 1. The Kier molecular flexibility index (Phi) is 5.32. The number of aromatic nitrogens is 3. The Bertz CT molecular complexity index is 586. The number of thioether (sulfide) groups is 1. The predicted molar refractivity (Wildman–Crippen MR) is 80.7 cm³/mol. The Morgan fingerprint density at radius 1 is 1.38 bits per heavy atom. The maximum Gasteiger partial charge on any atom is 0.277 e. The number of hydrogen-bond acceptors (Lipinski definition) is 6. The molecule has 1 N–H and O–H groups in total. The molecule has 0 unspecified atom stereocenters. The molecule has 6 nitrogen and oxygen atoms in total. The lowest BCUT2D eigenvalue weighted by atomic mass is 10.2. The molecule has 0 saturated heterocycles. The lowest BCUT2D eigenvalue weighted by molar-refractivity contribution is -0.120. The first kappa shape index (κ1) is 15.5. The Labute approximate surface area is 127 Å². The zero-order valence-corrected chi connectivity index (χ0v) is 13.1. The average molecular weight is 306 g/mol. The molecule has 112 valence electrons. The summed E-state index contributed by atoms with van der Waals surface area (Å²) >= 11 is 1.25. The normalized spacial score (nSPS) is 12.4. The van der Waals surface area contributed by atoms with Crippen molar-refractivity contribution >= 4 is 17.7 Å². The van der Waals surface area contributed by atoms with E-state index in [4.69, 9.17) is 4.42 Å². The van der Waals surface area contributed by atoms with Crippen molar-refractivity contribution in [2.24, 2.45) is 5.92 Å². The molecular weight excluding hydrogens is 288 g/mol. The third-order valence-electron chi connectivity index (χ3n) is 2.65. The van der Waals surface area contributed by atoms with E-state index in [-0.39, 0.29) is 11.2 Å². The van der Waals surface area contributed by atoms with Crippen LogP contribution in [0.25, 0.3) is 11.5 Å². The molecule has 0 aromatic carbocycles. The van der Waals surface area contributed by atoms with Crippen molar-refractivity contribution in [2.75, 3.05) is 6.54 Å². The third kappa shape index (κ3) is 4.56. The summed E-state index contributed by atoms with van der Waals surface area (Å²) in [7, 11) is 0. The molecule has 2 rings (SSSR count). The highest BCUT2D eigenvalue weighted by atomic mass is 32.2. The molecule has 0 spiro atoms. The second kappa shape index (κ2) is 7.21. The quantitative estimate of drug-likeness (QED) is 0.825. The van der Waals surface area contributed by atoms with Crippen molar-refractivity contribution in [3.8, 4) is 11.5 Å². The molecular formula is C14H18N4O2S. The lowest BCUT2D eigenvalue weighted by Gasteiger charge is -2.11. The molecule has 7 heteroatoms. The second-order valence-electron chi connectivity index (χ2n) is 5.01. The van der Waals surface area contributed by atoms with Crippen molar-refractivity contribution in [3.63, 3.8) is 0 Å². The van der Waals surface area contributed by atoms with Gasteiger partial charge in [0.2, 0.25) is 11.8 Å². The minimum atomic E-state index is -0.286. The highest BCUT2D eigenvalue weighted by molar-refractivity contribution is 8.00. The fourth-order valence-electron chi connectivity index (χ4n) is 1.52. The molecule has 1 atom stereocenters. The van der Waals surface area contributed by atoms with Gasteiger partial charge in [-0.2, -0.15) is 0 Å². The molecule has 0 bridgehead atoms. The summed E-state index contributed by atoms with van der Waals surface area (Å²) in [4.78, 5) is 15.9. The molecule has 0 aliphatic carbocycles. The first-order chi connectivity index (χ1) is 10.1. The van der Waals surface area contributed by atoms with Crippen LogP contribution in [-0.2, 0) is 4.79 Å². The Balaban J connectivity index is 1.95. The van der Waals surface area contributed by atoms with E-state index >= 15 is 0 Å². The van der Waals surface area contributed by atoms with Gasteiger partial charge in [-0.1, -0.05) is 25.6 Å². The number of nitrogens with zero attached hydrogens (tertiary/aromatic N) is 3.